The number of hydrogen-bond donors (Lipinski definition) is 3. The van der Waals surface area contributed by atoms with Crippen LogP contribution in [0.1, 0.15) is 58.3 Å². The number of unbranched alkanes of at least 4 members (excludes halogenated alkanes) is 1. The molecule has 3 heterocycles. The lowest BCUT2D eigenvalue weighted by Gasteiger charge is -2.59. The standard InChI is InChI=1S/C24H34N6O6/c1-2-3-8-28-18(31)16(17(25)26)19(32)30(22(28)35)15-4-6-23(7-5-15)12-24(13-23)20(33)27-21(34)29(24)9-14-10-36-11-14/h14-15H,2-13,25-26H2,1H3,(H,27,33,34). The molecule has 2 saturated carbocycles. The summed E-state index contributed by atoms with van der Waals surface area (Å²) < 4.78 is 5.24. The zero-order valence-corrected chi connectivity index (χ0v) is 20.6. The Bertz CT molecular complexity index is 1030. The summed E-state index contributed by atoms with van der Waals surface area (Å²) in [6.07, 6.45) is 5.04. The van der Waals surface area contributed by atoms with Gasteiger partial charge in [-0.25, -0.2) is 9.59 Å². The fourth-order valence-electron chi connectivity index (χ4n) is 6.60. The second-order valence-corrected chi connectivity index (χ2v) is 11.0. The zero-order valence-electron chi connectivity index (χ0n) is 20.6. The first-order valence-electron chi connectivity index (χ1n) is 12.8. The summed E-state index contributed by atoms with van der Waals surface area (Å²) in [5, 5.41) is 2.49. The summed E-state index contributed by atoms with van der Waals surface area (Å²) in [5.41, 5.74) is 10.1. The van der Waals surface area contributed by atoms with Gasteiger partial charge in [0.1, 0.15) is 16.9 Å². The van der Waals surface area contributed by atoms with Gasteiger partial charge in [0.05, 0.1) is 13.2 Å². The fourth-order valence-corrected chi connectivity index (χ4v) is 6.60. The van der Waals surface area contributed by atoms with Crippen molar-refractivity contribution in [2.45, 2.75) is 69.9 Å². The van der Waals surface area contributed by atoms with Crippen molar-refractivity contribution in [1.82, 2.24) is 20.0 Å². The third-order valence-corrected chi connectivity index (χ3v) is 8.62. The van der Waals surface area contributed by atoms with Gasteiger partial charge in [-0.1, -0.05) is 13.3 Å². The summed E-state index contributed by atoms with van der Waals surface area (Å²) in [6.45, 7) is 3.84. The number of carbonyl (C=O) groups is 5. The van der Waals surface area contributed by atoms with Gasteiger partial charge in [0.25, 0.3) is 17.7 Å². The number of urea groups is 2. The van der Waals surface area contributed by atoms with E-state index in [1.165, 1.54) is 0 Å². The zero-order chi connectivity index (χ0) is 25.8. The Labute approximate surface area is 209 Å². The highest BCUT2D eigenvalue weighted by atomic mass is 16.5. The molecule has 5 aliphatic rings. The van der Waals surface area contributed by atoms with Crippen molar-refractivity contribution >= 4 is 29.8 Å². The maximum absolute atomic E-state index is 13.2. The maximum atomic E-state index is 13.2. The first-order chi connectivity index (χ1) is 17.1. The van der Waals surface area contributed by atoms with Gasteiger partial charge in [-0.05, 0) is 50.4 Å². The number of amides is 7. The quantitative estimate of drug-likeness (QED) is 0.266. The smallest absolute Gasteiger partial charge is 0.334 e. The van der Waals surface area contributed by atoms with Gasteiger partial charge in [0.2, 0.25) is 0 Å². The van der Waals surface area contributed by atoms with Crippen LogP contribution in [0.25, 0.3) is 0 Å². The molecule has 3 saturated heterocycles. The van der Waals surface area contributed by atoms with E-state index in [1.54, 1.807) is 4.90 Å². The van der Waals surface area contributed by atoms with E-state index in [2.05, 4.69) is 5.32 Å². The highest BCUT2D eigenvalue weighted by molar-refractivity contribution is 6.29. The highest BCUT2D eigenvalue weighted by Gasteiger charge is 2.66. The molecule has 36 heavy (non-hydrogen) atoms. The van der Waals surface area contributed by atoms with Gasteiger partial charge in [-0.15, -0.1) is 0 Å². The highest BCUT2D eigenvalue weighted by Crippen LogP contribution is 2.60. The molecule has 7 amide bonds. The molecule has 0 aromatic rings. The number of carbonyl (C=O) groups excluding carboxylic acids is 5. The summed E-state index contributed by atoms with van der Waals surface area (Å²) in [5.74, 6) is -1.85. The molecule has 2 spiro atoms. The van der Waals surface area contributed by atoms with Gasteiger partial charge in [0.15, 0.2) is 0 Å². The molecule has 0 aromatic heterocycles. The minimum atomic E-state index is -0.816. The summed E-state index contributed by atoms with van der Waals surface area (Å²) in [4.78, 5) is 68.4. The van der Waals surface area contributed by atoms with Crippen molar-refractivity contribution in [3.63, 3.8) is 0 Å². The average Bonchev–Trinajstić information content (AvgIpc) is 3.00. The van der Waals surface area contributed by atoms with Gasteiger partial charge in [-0.3, -0.25) is 29.5 Å². The largest absolute Gasteiger partial charge is 0.385 e. The molecule has 0 atom stereocenters. The molecule has 5 fully saturated rings. The second kappa shape index (κ2) is 8.75. The van der Waals surface area contributed by atoms with Crippen molar-refractivity contribution in [1.29, 1.82) is 0 Å². The van der Waals surface area contributed by atoms with E-state index in [-0.39, 0.29) is 47.3 Å². The molecule has 12 nitrogen and oxygen atoms in total. The summed E-state index contributed by atoms with van der Waals surface area (Å²) in [7, 11) is 0. The van der Waals surface area contributed by atoms with Crippen LogP contribution in [0.4, 0.5) is 9.59 Å². The van der Waals surface area contributed by atoms with Crippen molar-refractivity contribution in [3.8, 4) is 0 Å². The van der Waals surface area contributed by atoms with Crippen molar-refractivity contribution < 1.29 is 28.7 Å². The van der Waals surface area contributed by atoms with E-state index in [4.69, 9.17) is 16.2 Å². The lowest BCUT2D eigenvalue weighted by molar-refractivity contribution is -0.149. The van der Waals surface area contributed by atoms with Crippen LogP contribution in [0.3, 0.4) is 0 Å². The van der Waals surface area contributed by atoms with E-state index >= 15 is 0 Å². The SMILES string of the molecule is CCCCN1C(=O)C(=C(N)N)C(=O)N(C2CCC3(CC2)CC2(C3)C(=O)NC(=O)N2CC2COC2)C1=O. The Morgan fingerprint density at radius 1 is 1.06 bits per heavy atom. The maximum Gasteiger partial charge on any atom is 0.334 e. The van der Waals surface area contributed by atoms with Gasteiger partial charge in [-0.2, -0.15) is 0 Å². The molecule has 196 valence electrons. The van der Waals surface area contributed by atoms with Crippen LogP contribution < -0.4 is 16.8 Å². The van der Waals surface area contributed by atoms with Crippen LogP contribution in [0.15, 0.2) is 11.4 Å². The van der Waals surface area contributed by atoms with Crippen LogP contribution in [0, 0.1) is 11.3 Å². The predicted octanol–water partition coefficient (Wildman–Crippen LogP) is 0.366. The van der Waals surface area contributed by atoms with Gasteiger partial charge >= 0.3 is 12.1 Å². The second-order valence-electron chi connectivity index (χ2n) is 11.0. The number of nitrogens with one attached hydrogen (secondary N) is 1. The van der Waals surface area contributed by atoms with E-state index in [1.807, 2.05) is 6.92 Å². The molecular formula is C24H34N6O6. The van der Waals surface area contributed by atoms with Crippen LogP contribution in [-0.4, -0.2) is 82.4 Å². The lowest BCUT2D eigenvalue weighted by atomic mass is 9.51. The Balaban J connectivity index is 1.28. The average molecular weight is 503 g/mol. The Hall–Kier alpha value is -3.15. The number of rotatable bonds is 6. The van der Waals surface area contributed by atoms with E-state index in [9.17, 15) is 24.0 Å². The molecule has 3 aliphatic heterocycles. The molecule has 2 aliphatic carbocycles. The first kappa shape index (κ1) is 24.5. The Morgan fingerprint density at radius 2 is 1.72 bits per heavy atom. The Morgan fingerprint density at radius 3 is 2.28 bits per heavy atom. The molecular weight excluding hydrogens is 468 g/mol. The number of hydrogen-bond acceptors (Lipinski definition) is 8. The normalized spacial score (nSPS) is 32.9. The number of nitrogens with two attached hydrogens (primary N) is 2. The predicted molar refractivity (Wildman–Crippen MR) is 125 cm³/mol. The molecule has 12 heteroatoms. The van der Waals surface area contributed by atoms with E-state index in [0.29, 0.717) is 64.7 Å². The third kappa shape index (κ3) is 3.64. The molecule has 0 bridgehead atoms. The first-order valence-corrected chi connectivity index (χ1v) is 12.8. The molecule has 0 radical (unpaired) electrons. The van der Waals surface area contributed by atoms with Crippen molar-refractivity contribution in [2.75, 3.05) is 26.3 Å². The molecule has 0 unspecified atom stereocenters. The lowest BCUT2D eigenvalue weighted by Crippen LogP contribution is -2.66. The van der Waals surface area contributed by atoms with Crippen LogP contribution in [0.5, 0.6) is 0 Å². The third-order valence-electron chi connectivity index (χ3n) is 8.62. The topological polar surface area (TPSA) is 168 Å². The van der Waals surface area contributed by atoms with E-state index in [0.717, 1.165) is 16.2 Å². The number of barbiturate groups is 1. The van der Waals surface area contributed by atoms with Crippen molar-refractivity contribution in [3.05, 3.63) is 11.4 Å². The molecule has 0 aromatic carbocycles. The Kier molecular flexibility index (Phi) is 5.97. The van der Waals surface area contributed by atoms with Gasteiger partial charge in [0, 0.05) is 25.0 Å². The minimum absolute atomic E-state index is 0.127. The monoisotopic (exact) mass is 502 g/mol. The van der Waals surface area contributed by atoms with Crippen LogP contribution >= 0.6 is 0 Å². The van der Waals surface area contributed by atoms with Crippen molar-refractivity contribution in [2.24, 2.45) is 22.8 Å². The summed E-state index contributed by atoms with van der Waals surface area (Å²) in [6, 6.07) is -1.35. The fraction of sp³-hybridized carbons (Fsp3) is 0.708. The van der Waals surface area contributed by atoms with Crippen LogP contribution in [-0.2, 0) is 19.1 Å². The number of imide groups is 3. The van der Waals surface area contributed by atoms with Crippen LogP contribution in [0.2, 0.25) is 0 Å². The van der Waals surface area contributed by atoms with E-state index < -0.39 is 23.4 Å². The van der Waals surface area contributed by atoms with Gasteiger partial charge < -0.3 is 21.1 Å². The number of nitrogens with zero attached hydrogens (tertiary/aromatic N) is 3. The molecule has 5 N–H and O–H groups in total. The number of ether oxygens (including phenoxy) is 1. The minimum Gasteiger partial charge on any atom is -0.385 e. The molecule has 5 rings (SSSR count). The summed E-state index contributed by atoms with van der Waals surface area (Å²) >= 11 is 0.